The fraction of sp³-hybridized carbons (Fsp3) is 0.500. The lowest BCUT2D eigenvalue weighted by Crippen LogP contribution is -2.17. The predicted molar refractivity (Wildman–Crippen MR) is 59.6 cm³/mol. The summed E-state index contributed by atoms with van der Waals surface area (Å²) in [6.07, 6.45) is 4.79. The molecule has 0 aromatic carbocycles. The van der Waals surface area contributed by atoms with Crippen LogP contribution in [0.5, 0.6) is 0 Å². The molecule has 1 aromatic rings. The van der Waals surface area contributed by atoms with Crippen LogP contribution in [0.4, 0.5) is 0 Å². The van der Waals surface area contributed by atoms with Crippen LogP contribution in [0, 0.1) is 12.3 Å². The molecular weight excluding hydrogens is 202 g/mol. The van der Waals surface area contributed by atoms with Crippen molar-refractivity contribution < 1.29 is 0 Å². The minimum absolute atomic E-state index is 0.000525. The second-order valence-corrected chi connectivity index (χ2v) is 5.10. The van der Waals surface area contributed by atoms with Gasteiger partial charge in [0, 0.05) is 22.4 Å². The first-order valence-corrected chi connectivity index (χ1v) is 5.55. The highest BCUT2D eigenvalue weighted by molar-refractivity contribution is 7.11. The number of hydrogen-bond acceptors (Lipinski definition) is 2. The lowest BCUT2D eigenvalue weighted by atomic mass is 9.89. The minimum Gasteiger partial charge on any atom is -0.250 e. The quantitative estimate of drug-likeness (QED) is 0.554. The first-order chi connectivity index (χ1) is 6.09. The predicted octanol–water partition coefficient (Wildman–Crippen LogP) is 3.43. The molecule has 0 aliphatic carbocycles. The van der Waals surface area contributed by atoms with Crippen LogP contribution in [0.2, 0.25) is 0 Å². The van der Waals surface area contributed by atoms with Gasteiger partial charge in [-0.15, -0.1) is 29.5 Å². The lowest BCUT2D eigenvalue weighted by molar-refractivity contribution is 0.490. The largest absolute Gasteiger partial charge is 0.250 e. The van der Waals surface area contributed by atoms with E-state index in [0.717, 1.165) is 11.4 Å². The van der Waals surface area contributed by atoms with Crippen molar-refractivity contribution in [3.05, 3.63) is 28.7 Å². The van der Waals surface area contributed by atoms with Crippen LogP contribution in [-0.4, -0.2) is 10.9 Å². The van der Waals surface area contributed by atoms with E-state index in [2.05, 4.69) is 18.5 Å². The summed E-state index contributed by atoms with van der Waals surface area (Å²) in [5.74, 6) is 0.605. The molecule has 0 spiro atoms. The highest BCUT2D eigenvalue weighted by atomic mass is 35.5. The van der Waals surface area contributed by atoms with Gasteiger partial charge < -0.3 is 0 Å². The molecular formula is C10H14ClNS. The zero-order chi connectivity index (χ0) is 9.90. The molecule has 72 valence electrons. The first kappa shape index (κ1) is 10.7. The molecule has 1 nitrogen and oxygen atoms in total. The van der Waals surface area contributed by atoms with Crippen molar-refractivity contribution in [2.75, 3.05) is 5.88 Å². The van der Waals surface area contributed by atoms with Gasteiger partial charge in [-0.2, -0.15) is 0 Å². The Morgan fingerprint density at radius 1 is 1.77 bits per heavy atom. The fourth-order valence-corrected chi connectivity index (χ4v) is 2.25. The van der Waals surface area contributed by atoms with Gasteiger partial charge in [0.05, 0.1) is 5.01 Å². The molecule has 0 N–H and O–H groups in total. The maximum absolute atomic E-state index is 5.88. The van der Waals surface area contributed by atoms with Gasteiger partial charge in [0.25, 0.3) is 0 Å². The van der Waals surface area contributed by atoms with Gasteiger partial charge in [-0.1, -0.05) is 13.0 Å². The van der Waals surface area contributed by atoms with Crippen molar-refractivity contribution in [3.8, 4) is 0 Å². The molecule has 1 unspecified atom stereocenters. The summed E-state index contributed by atoms with van der Waals surface area (Å²) in [6.45, 7) is 7.93. The highest BCUT2D eigenvalue weighted by Crippen LogP contribution is 2.27. The number of hydrogen-bond donors (Lipinski definition) is 0. The van der Waals surface area contributed by atoms with E-state index in [1.54, 1.807) is 11.3 Å². The van der Waals surface area contributed by atoms with Gasteiger partial charge in [-0.05, 0) is 13.3 Å². The van der Waals surface area contributed by atoms with Crippen molar-refractivity contribution in [2.24, 2.45) is 5.41 Å². The van der Waals surface area contributed by atoms with Gasteiger partial charge >= 0.3 is 0 Å². The Morgan fingerprint density at radius 3 is 2.85 bits per heavy atom. The van der Waals surface area contributed by atoms with Gasteiger partial charge in [0.15, 0.2) is 0 Å². The van der Waals surface area contributed by atoms with E-state index in [1.165, 1.54) is 4.88 Å². The number of allylic oxidation sites excluding steroid dienone is 1. The van der Waals surface area contributed by atoms with E-state index in [0.29, 0.717) is 5.88 Å². The van der Waals surface area contributed by atoms with Crippen LogP contribution in [-0.2, 0) is 6.42 Å². The number of aromatic nitrogens is 1. The maximum Gasteiger partial charge on any atom is 0.0896 e. The molecule has 1 heterocycles. The Kier molecular flexibility index (Phi) is 3.51. The number of alkyl halides is 1. The normalized spacial score (nSPS) is 15.3. The van der Waals surface area contributed by atoms with Gasteiger partial charge in [-0.3, -0.25) is 0 Å². The monoisotopic (exact) mass is 215 g/mol. The van der Waals surface area contributed by atoms with E-state index in [1.807, 2.05) is 19.2 Å². The molecule has 0 saturated carbocycles. The molecule has 1 aromatic heterocycles. The summed E-state index contributed by atoms with van der Waals surface area (Å²) in [5.41, 5.74) is 0.000525. The Bertz CT molecular complexity index is 295. The molecule has 3 heteroatoms. The minimum atomic E-state index is 0.000525. The van der Waals surface area contributed by atoms with Gasteiger partial charge in [0.2, 0.25) is 0 Å². The number of thiazole rings is 1. The van der Waals surface area contributed by atoms with Crippen LogP contribution < -0.4 is 0 Å². The molecule has 0 saturated heterocycles. The average Bonchev–Trinajstić information content (AvgIpc) is 2.51. The molecule has 0 amide bonds. The highest BCUT2D eigenvalue weighted by Gasteiger charge is 2.20. The Balaban J connectivity index is 2.72. The van der Waals surface area contributed by atoms with Crippen LogP contribution in [0.1, 0.15) is 16.8 Å². The van der Waals surface area contributed by atoms with Crippen molar-refractivity contribution in [3.63, 3.8) is 0 Å². The molecule has 0 fully saturated rings. The van der Waals surface area contributed by atoms with Crippen molar-refractivity contribution in [2.45, 2.75) is 20.3 Å². The van der Waals surface area contributed by atoms with E-state index < -0.39 is 0 Å². The maximum atomic E-state index is 5.88. The molecule has 0 aliphatic heterocycles. The summed E-state index contributed by atoms with van der Waals surface area (Å²) in [6, 6.07) is 0. The Morgan fingerprint density at radius 2 is 2.46 bits per heavy atom. The molecule has 1 rings (SSSR count). The first-order valence-electron chi connectivity index (χ1n) is 4.20. The number of aryl methyl sites for hydroxylation is 1. The Labute approximate surface area is 88.5 Å². The lowest BCUT2D eigenvalue weighted by Gasteiger charge is -2.21. The van der Waals surface area contributed by atoms with E-state index >= 15 is 0 Å². The van der Waals surface area contributed by atoms with Crippen LogP contribution >= 0.6 is 22.9 Å². The standard InChI is InChI=1S/C10H14ClNS/c1-4-10(3,7-11)5-9-6-12-8(2)13-9/h4,6H,1,5,7H2,2-3H3. The summed E-state index contributed by atoms with van der Waals surface area (Å²) in [5, 5.41) is 1.11. The van der Waals surface area contributed by atoms with Crippen molar-refractivity contribution in [1.82, 2.24) is 4.98 Å². The molecule has 0 aliphatic rings. The number of nitrogens with zero attached hydrogens (tertiary/aromatic N) is 1. The summed E-state index contributed by atoms with van der Waals surface area (Å²) < 4.78 is 0. The zero-order valence-corrected chi connectivity index (χ0v) is 9.58. The number of rotatable bonds is 4. The van der Waals surface area contributed by atoms with E-state index in [-0.39, 0.29) is 5.41 Å². The number of halogens is 1. The summed E-state index contributed by atoms with van der Waals surface area (Å²) in [4.78, 5) is 5.49. The molecule has 0 radical (unpaired) electrons. The van der Waals surface area contributed by atoms with Crippen LogP contribution in [0.3, 0.4) is 0 Å². The second-order valence-electron chi connectivity index (χ2n) is 3.51. The SMILES string of the molecule is C=CC(C)(CCl)Cc1cnc(C)s1. The third kappa shape index (κ3) is 2.82. The third-order valence-electron chi connectivity index (χ3n) is 2.05. The van der Waals surface area contributed by atoms with E-state index in [4.69, 9.17) is 11.6 Å². The van der Waals surface area contributed by atoms with Crippen LogP contribution in [0.15, 0.2) is 18.9 Å². The summed E-state index contributed by atoms with van der Waals surface area (Å²) >= 11 is 7.61. The average molecular weight is 216 g/mol. The molecule has 0 bridgehead atoms. The second kappa shape index (κ2) is 4.25. The topological polar surface area (TPSA) is 12.9 Å². The smallest absolute Gasteiger partial charge is 0.0896 e. The van der Waals surface area contributed by atoms with E-state index in [9.17, 15) is 0 Å². The van der Waals surface area contributed by atoms with Crippen molar-refractivity contribution >= 4 is 22.9 Å². The van der Waals surface area contributed by atoms with Crippen LogP contribution in [0.25, 0.3) is 0 Å². The third-order valence-corrected chi connectivity index (χ3v) is 3.57. The summed E-state index contributed by atoms with van der Waals surface area (Å²) in [7, 11) is 0. The Hall–Kier alpha value is -0.340. The van der Waals surface area contributed by atoms with Gasteiger partial charge in [-0.25, -0.2) is 4.98 Å². The molecule has 13 heavy (non-hydrogen) atoms. The fourth-order valence-electron chi connectivity index (χ4n) is 1.06. The zero-order valence-electron chi connectivity index (χ0n) is 8.01. The van der Waals surface area contributed by atoms with Gasteiger partial charge in [0.1, 0.15) is 0 Å². The van der Waals surface area contributed by atoms with Crippen molar-refractivity contribution in [1.29, 1.82) is 0 Å². The molecule has 1 atom stereocenters.